The number of alkyl halides is 3. The quantitative estimate of drug-likeness (QED) is 0.691. The van der Waals surface area contributed by atoms with Crippen LogP contribution in [0.3, 0.4) is 0 Å². The standard InChI is InChI=1S/C8H13F3N2O2S/c1-3-5-7(4-2)13-16(14,15)12-6-8(9,10)11/h1,7,12-13H,4-6H2,2H3. The Kier molecular flexibility index (Phi) is 5.78. The van der Waals surface area contributed by atoms with E-state index in [0.717, 1.165) is 0 Å². The Bertz CT molecular complexity index is 345. The molecule has 0 radical (unpaired) electrons. The molecule has 0 aromatic rings. The zero-order valence-corrected chi connectivity index (χ0v) is 9.45. The third-order valence-electron chi connectivity index (χ3n) is 1.64. The summed E-state index contributed by atoms with van der Waals surface area (Å²) in [4.78, 5) is 0. The maximum Gasteiger partial charge on any atom is 0.402 e. The van der Waals surface area contributed by atoms with E-state index < -0.39 is 29.0 Å². The molecule has 0 saturated heterocycles. The van der Waals surface area contributed by atoms with Gasteiger partial charge in [0.2, 0.25) is 0 Å². The van der Waals surface area contributed by atoms with Gasteiger partial charge < -0.3 is 0 Å². The van der Waals surface area contributed by atoms with Gasteiger partial charge in [0, 0.05) is 12.5 Å². The molecule has 8 heteroatoms. The maximum absolute atomic E-state index is 11.8. The molecule has 16 heavy (non-hydrogen) atoms. The maximum atomic E-state index is 11.8. The highest BCUT2D eigenvalue weighted by Gasteiger charge is 2.29. The molecule has 0 aliphatic rings. The zero-order chi connectivity index (χ0) is 12.8. The molecule has 94 valence electrons. The van der Waals surface area contributed by atoms with Crippen molar-refractivity contribution in [2.45, 2.75) is 32.0 Å². The lowest BCUT2D eigenvalue weighted by Crippen LogP contribution is -2.45. The Labute approximate surface area is 92.8 Å². The first-order valence-corrected chi connectivity index (χ1v) is 5.95. The molecule has 4 nitrogen and oxygen atoms in total. The van der Waals surface area contributed by atoms with Gasteiger partial charge in [0.1, 0.15) is 6.54 Å². The van der Waals surface area contributed by atoms with Gasteiger partial charge in [-0.25, -0.2) is 0 Å². The predicted molar refractivity (Wildman–Crippen MR) is 53.6 cm³/mol. The van der Waals surface area contributed by atoms with Crippen molar-refractivity contribution in [3.8, 4) is 12.3 Å². The molecule has 0 fully saturated rings. The van der Waals surface area contributed by atoms with Gasteiger partial charge in [0.25, 0.3) is 10.2 Å². The fourth-order valence-electron chi connectivity index (χ4n) is 0.850. The molecule has 0 spiro atoms. The third kappa shape index (κ3) is 7.50. The summed E-state index contributed by atoms with van der Waals surface area (Å²) in [6.45, 7) is 0.0725. The summed E-state index contributed by atoms with van der Waals surface area (Å²) in [6, 6.07) is -0.560. The van der Waals surface area contributed by atoms with Crippen LogP contribution in [0.4, 0.5) is 13.2 Å². The molecule has 0 heterocycles. The molecule has 0 aromatic carbocycles. The van der Waals surface area contributed by atoms with Gasteiger partial charge in [0.15, 0.2) is 0 Å². The fraction of sp³-hybridized carbons (Fsp3) is 0.750. The molecule has 0 aliphatic heterocycles. The number of nitrogens with one attached hydrogen (secondary N) is 2. The van der Waals surface area contributed by atoms with E-state index in [1.807, 2.05) is 4.72 Å². The van der Waals surface area contributed by atoms with E-state index in [1.54, 1.807) is 6.92 Å². The lowest BCUT2D eigenvalue weighted by Gasteiger charge is -2.15. The SMILES string of the molecule is C#CCC(CC)NS(=O)(=O)NCC(F)(F)F. The lowest BCUT2D eigenvalue weighted by molar-refractivity contribution is -0.121. The summed E-state index contributed by atoms with van der Waals surface area (Å²) >= 11 is 0. The van der Waals surface area contributed by atoms with Crippen LogP contribution in [0, 0.1) is 12.3 Å². The smallest absolute Gasteiger partial charge is 0.198 e. The highest BCUT2D eigenvalue weighted by atomic mass is 32.2. The summed E-state index contributed by atoms with van der Waals surface area (Å²) in [5, 5.41) is 0. The van der Waals surface area contributed by atoms with Crippen LogP contribution in [-0.4, -0.2) is 27.2 Å². The minimum atomic E-state index is -4.58. The van der Waals surface area contributed by atoms with Crippen molar-refractivity contribution in [1.29, 1.82) is 0 Å². The average Bonchev–Trinajstić information content (AvgIpc) is 2.13. The number of rotatable bonds is 6. The van der Waals surface area contributed by atoms with Crippen molar-refractivity contribution in [3.05, 3.63) is 0 Å². The van der Waals surface area contributed by atoms with Crippen LogP contribution in [0.1, 0.15) is 19.8 Å². The highest BCUT2D eigenvalue weighted by molar-refractivity contribution is 7.87. The van der Waals surface area contributed by atoms with Crippen molar-refractivity contribution in [2.24, 2.45) is 0 Å². The molecule has 0 saturated carbocycles. The molecular formula is C8H13F3N2O2S. The Morgan fingerprint density at radius 2 is 2.00 bits per heavy atom. The summed E-state index contributed by atoms with van der Waals surface area (Å²) in [7, 11) is -4.16. The van der Waals surface area contributed by atoms with Crippen molar-refractivity contribution >= 4 is 10.2 Å². The predicted octanol–water partition coefficient (Wildman–Crippen LogP) is 0.775. The average molecular weight is 258 g/mol. The molecule has 0 bridgehead atoms. The van der Waals surface area contributed by atoms with E-state index in [-0.39, 0.29) is 6.42 Å². The van der Waals surface area contributed by atoms with Gasteiger partial charge in [-0.2, -0.15) is 31.0 Å². The minimum absolute atomic E-state index is 0.128. The zero-order valence-electron chi connectivity index (χ0n) is 8.63. The molecule has 0 rings (SSSR count). The number of hydrogen-bond donors (Lipinski definition) is 2. The summed E-state index contributed by atoms with van der Waals surface area (Å²) in [6.07, 6.45) is 0.929. The molecular weight excluding hydrogens is 245 g/mol. The molecule has 0 amide bonds. The second-order valence-corrected chi connectivity index (χ2v) is 4.60. The molecule has 0 aliphatic carbocycles. The summed E-state index contributed by atoms with van der Waals surface area (Å²) < 4.78 is 61.0. The highest BCUT2D eigenvalue weighted by Crippen LogP contribution is 2.12. The van der Waals surface area contributed by atoms with Crippen molar-refractivity contribution < 1.29 is 21.6 Å². The van der Waals surface area contributed by atoms with Gasteiger partial charge in [-0.3, -0.25) is 0 Å². The summed E-state index contributed by atoms with van der Waals surface area (Å²) in [5.74, 6) is 2.24. The van der Waals surface area contributed by atoms with Crippen molar-refractivity contribution in [3.63, 3.8) is 0 Å². The fourth-order valence-corrected chi connectivity index (χ4v) is 1.98. The first-order chi connectivity index (χ1) is 7.20. The second-order valence-electron chi connectivity index (χ2n) is 3.07. The van der Waals surface area contributed by atoms with E-state index in [1.165, 1.54) is 4.72 Å². The first kappa shape index (κ1) is 15.2. The Balaban J connectivity index is 4.30. The van der Waals surface area contributed by atoms with Gasteiger partial charge in [-0.05, 0) is 6.42 Å². The van der Waals surface area contributed by atoms with Crippen LogP contribution in [0.25, 0.3) is 0 Å². The van der Waals surface area contributed by atoms with E-state index in [2.05, 4.69) is 5.92 Å². The lowest BCUT2D eigenvalue weighted by atomic mass is 10.2. The van der Waals surface area contributed by atoms with Gasteiger partial charge >= 0.3 is 6.18 Å². The molecule has 1 unspecified atom stereocenters. The minimum Gasteiger partial charge on any atom is -0.198 e. The molecule has 1 atom stereocenters. The Morgan fingerprint density at radius 3 is 2.38 bits per heavy atom. The van der Waals surface area contributed by atoms with E-state index >= 15 is 0 Å². The van der Waals surface area contributed by atoms with Crippen LogP contribution >= 0.6 is 0 Å². The summed E-state index contributed by atoms with van der Waals surface area (Å²) in [5.41, 5.74) is 0. The van der Waals surface area contributed by atoms with E-state index in [0.29, 0.717) is 6.42 Å². The van der Waals surface area contributed by atoms with E-state index in [9.17, 15) is 21.6 Å². The second kappa shape index (κ2) is 6.08. The van der Waals surface area contributed by atoms with E-state index in [4.69, 9.17) is 6.42 Å². The monoisotopic (exact) mass is 258 g/mol. The topological polar surface area (TPSA) is 58.2 Å². The van der Waals surface area contributed by atoms with Crippen LogP contribution < -0.4 is 9.44 Å². The van der Waals surface area contributed by atoms with Crippen LogP contribution in [0.15, 0.2) is 0 Å². The van der Waals surface area contributed by atoms with Gasteiger partial charge in [0.05, 0.1) is 0 Å². The van der Waals surface area contributed by atoms with Crippen molar-refractivity contribution in [2.75, 3.05) is 6.54 Å². The van der Waals surface area contributed by atoms with Gasteiger partial charge in [-0.15, -0.1) is 12.3 Å². The van der Waals surface area contributed by atoms with Crippen LogP contribution in [0.2, 0.25) is 0 Å². The van der Waals surface area contributed by atoms with Crippen LogP contribution in [0.5, 0.6) is 0 Å². The van der Waals surface area contributed by atoms with Crippen molar-refractivity contribution in [1.82, 2.24) is 9.44 Å². The largest absolute Gasteiger partial charge is 0.402 e. The number of terminal acetylenes is 1. The number of hydrogen-bond acceptors (Lipinski definition) is 2. The first-order valence-electron chi connectivity index (χ1n) is 4.47. The Morgan fingerprint density at radius 1 is 1.44 bits per heavy atom. The van der Waals surface area contributed by atoms with Gasteiger partial charge in [-0.1, -0.05) is 6.92 Å². The molecule has 2 N–H and O–H groups in total. The Hall–Kier alpha value is -0.780. The normalized spacial score (nSPS) is 14.4. The third-order valence-corrected chi connectivity index (χ3v) is 2.81. The number of halogens is 3. The van der Waals surface area contributed by atoms with Crippen LogP contribution in [-0.2, 0) is 10.2 Å². The molecule has 0 aromatic heterocycles.